The third-order valence-corrected chi connectivity index (χ3v) is 5.27. The predicted molar refractivity (Wildman–Crippen MR) is 84.2 cm³/mol. The number of nitrogens with one attached hydrogen (secondary N) is 1. The van der Waals surface area contributed by atoms with Crippen LogP contribution in [0.1, 0.15) is 42.7 Å². The normalized spacial score (nSPS) is 23.0. The Morgan fingerprint density at radius 2 is 1.96 bits per heavy atom. The lowest BCUT2D eigenvalue weighted by molar-refractivity contribution is -0.141. The Kier molecular flexibility index (Phi) is 4.43. The lowest BCUT2D eigenvalue weighted by Gasteiger charge is -2.60. The molecule has 0 bridgehead atoms. The van der Waals surface area contributed by atoms with Crippen LogP contribution < -0.4 is 5.56 Å². The van der Waals surface area contributed by atoms with Crippen molar-refractivity contribution in [2.45, 2.75) is 38.9 Å². The molecule has 8 heteroatoms. The highest BCUT2D eigenvalue weighted by molar-refractivity contribution is 5.94. The number of likely N-dealkylation sites (tertiary alicyclic amines) is 1. The zero-order valence-electron chi connectivity index (χ0n) is 14.2. The fourth-order valence-corrected chi connectivity index (χ4v) is 4.21. The standard InChI is InChI=1S/C17H21F3N2O3/c1-10(2)13-16(5-7-25-8-6-16)9-22(13)15(24)11-3-4-12(17(18,19)20)21-14(11)23/h3-4,10,13H,5-9H2,1-2H3,(H,21,23). The van der Waals surface area contributed by atoms with Gasteiger partial charge in [-0.1, -0.05) is 13.8 Å². The Labute approximate surface area is 143 Å². The molecule has 2 aliphatic heterocycles. The van der Waals surface area contributed by atoms with E-state index in [0.717, 1.165) is 25.0 Å². The molecule has 1 unspecified atom stereocenters. The second-order valence-electron chi connectivity index (χ2n) is 7.21. The van der Waals surface area contributed by atoms with E-state index in [4.69, 9.17) is 4.74 Å². The lowest BCUT2D eigenvalue weighted by atomic mass is 9.62. The molecule has 2 saturated heterocycles. The molecule has 0 radical (unpaired) electrons. The average Bonchev–Trinajstić information content (AvgIpc) is 2.51. The van der Waals surface area contributed by atoms with Crippen LogP contribution in [0.5, 0.6) is 0 Å². The predicted octanol–water partition coefficient (Wildman–Crippen LogP) is 2.67. The summed E-state index contributed by atoms with van der Waals surface area (Å²) in [5.74, 6) is -0.324. The maximum absolute atomic E-state index is 12.7. The van der Waals surface area contributed by atoms with Gasteiger partial charge in [-0.05, 0) is 30.9 Å². The minimum Gasteiger partial charge on any atom is -0.381 e. The van der Waals surface area contributed by atoms with Crippen molar-refractivity contribution >= 4 is 5.91 Å². The lowest BCUT2D eigenvalue weighted by Crippen LogP contribution is -2.69. The molecule has 1 amide bonds. The molecule has 1 atom stereocenters. The molecule has 0 saturated carbocycles. The van der Waals surface area contributed by atoms with Crippen LogP contribution in [0, 0.1) is 11.3 Å². The van der Waals surface area contributed by atoms with Crippen LogP contribution in [0.4, 0.5) is 13.2 Å². The van der Waals surface area contributed by atoms with Crippen molar-refractivity contribution in [2.24, 2.45) is 11.3 Å². The van der Waals surface area contributed by atoms with Crippen LogP contribution >= 0.6 is 0 Å². The monoisotopic (exact) mass is 358 g/mol. The van der Waals surface area contributed by atoms with Crippen LogP contribution in [0.25, 0.3) is 0 Å². The molecule has 5 nitrogen and oxygen atoms in total. The van der Waals surface area contributed by atoms with Gasteiger partial charge in [0.2, 0.25) is 0 Å². The summed E-state index contributed by atoms with van der Waals surface area (Å²) < 4.78 is 43.4. The van der Waals surface area contributed by atoms with Crippen LogP contribution in [-0.2, 0) is 10.9 Å². The fourth-order valence-electron chi connectivity index (χ4n) is 4.21. The maximum Gasteiger partial charge on any atom is 0.431 e. The van der Waals surface area contributed by atoms with Gasteiger partial charge >= 0.3 is 6.18 Å². The highest BCUT2D eigenvalue weighted by Gasteiger charge is 2.55. The van der Waals surface area contributed by atoms with E-state index in [1.807, 2.05) is 13.8 Å². The number of H-pyrrole nitrogens is 1. The second-order valence-corrected chi connectivity index (χ2v) is 7.21. The van der Waals surface area contributed by atoms with Crippen LogP contribution in [0.3, 0.4) is 0 Å². The number of alkyl halides is 3. The van der Waals surface area contributed by atoms with Gasteiger partial charge in [0.05, 0.1) is 0 Å². The molecule has 2 fully saturated rings. The molecule has 1 spiro atoms. The summed E-state index contributed by atoms with van der Waals surface area (Å²) in [6.45, 7) is 5.83. The smallest absolute Gasteiger partial charge is 0.381 e. The average molecular weight is 358 g/mol. The topological polar surface area (TPSA) is 62.4 Å². The van der Waals surface area contributed by atoms with Gasteiger partial charge in [-0.2, -0.15) is 13.2 Å². The summed E-state index contributed by atoms with van der Waals surface area (Å²) in [7, 11) is 0. The van der Waals surface area contributed by atoms with Crippen molar-refractivity contribution in [1.29, 1.82) is 0 Å². The van der Waals surface area contributed by atoms with Crippen molar-refractivity contribution in [2.75, 3.05) is 19.8 Å². The van der Waals surface area contributed by atoms with Crippen LogP contribution in [0.2, 0.25) is 0 Å². The Bertz CT molecular complexity index is 721. The van der Waals surface area contributed by atoms with E-state index in [1.54, 1.807) is 9.88 Å². The van der Waals surface area contributed by atoms with E-state index in [-0.39, 0.29) is 22.9 Å². The van der Waals surface area contributed by atoms with Crippen LogP contribution in [-0.4, -0.2) is 41.6 Å². The van der Waals surface area contributed by atoms with E-state index < -0.39 is 23.3 Å². The summed E-state index contributed by atoms with van der Waals surface area (Å²) in [5.41, 5.74) is -2.42. The number of aromatic amines is 1. The first-order valence-corrected chi connectivity index (χ1v) is 8.35. The molecule has 138 valence electrons. The first-order chi connectivity index (χ1) is 11.7. The SMILES string of the molecule is CC(C)C1N(C(=O)c2ccc(C(F)(F)F)[nH]c2=O)CC12CCOCC2. The number of hydrogen-bond donors (Lipinski definition) is 1. The highest BCUT2D eigenvalue weighted by atomic mass is 19.4. The molecule has 0 aliphatic carbocycles. The molecule has 2 aliphatic rings. The minimum atomic E-state index is -4.65. The van der Waals surface area contributed by atoms with E-state index in [9.17, 15) is 22.8 Å². The number of halogens is 3. The van der Waals surface area contributed by atoms with E-state index in [1.165, 1.54) is 0 Å². The molecular formula is C17H21F3N2O3. The number of aromatic nitrogens is 1. The molecule has 1 aromatic heterocycles. The fraction of sp³-hybridized carbons (Fsp3) is 0.647. The molecule has 0 aromatic carbocycles. The first kappa shape index (κ1) is 18.0. The molecule has 3 rings (SSSR count). The van der Waals surface area contributed by atoms with Gasteiger partial charge in [0.15, 0.2) is 0 Å². The highest BCUT2D eigenvalue weighted by Crippen LogP contribution is 2.49. The number of carbonyl (C=O) groups is 1. The van der Waals surface area contributed by atoms with Gasteiger partial charge in [0.1, 0.15) is 11.3 Å². The maximum atomic E-state index is 12.7. The van der Waals surface area contributed by atoms with Crippen molar-refractivity contribution in [3.63, 3.8) is 0 Å². The minimum absolute atomic E-state index is 0.0131. The third-order valence-electron chi connectivity index (χ3n) is 5.27. The molecule has 3 heterocycles. The quantitative estimate of drug-likeness (QED) is 0.884. The van der Waals surface area contributed by atoms with Crippen molar-refractivity contribution in [1.82, 2.24) is 9.88 Å². The van der Waals surface area contributed by atoms with E-state index >= 15 is 0 Å². The van der Waals surface area contributed by atoms with E-state index in [2.05, 4.69) is 0 Å². The van der Waals surface area contributed by atoms with Gasteiger partial charge in [0, 0.05) is 31.2 Å². The zero-order chi connectivity index (χ0) is 18.4. The van der Waals surface area contributed by atoms with Gasteiger partial charge < -0.3 is 14.6 Å². The number of rotatable bonds is 2. The zero-order valence-corrected chi connectivity index (χ0v) is 14.2. The largest absolute Gasteiger partial charge is 0.431 e. The van der Waals surface area contributed by atoms with Gasteiger partial charge in [0.25, 0.3) is 11.5 Å². The molecule has 1 aromatic rings. The summed E-state index contributed by atoms with van der Waals surface area (Å²) in [5, 5.41) is 0. The third kappa shape index (κ3) is 3.07. The Hall–Kier alpha value is -1.83. The van der Waals surface area contributed by atoms with Crippen molar-refractivity contribution < 1.29 is 22.7 Å². The summed E-state index contributed by atoms with van der Waals surface area (Å²) in [6.07, 6.45) is -2.95. The molecular weight excluding hydrogens is 337 g/mol. The summed E-state index contributed by atoms with van der Waals surface area (Å²) >= 11 is 0. The molecule has 1 N–H and O–H groups in total. The Morgan fingerprint density at radius 1 is 1.32 bits per heavy atom. The van der Waals surface area contributed by atoms with Gasteiger partial charge in [-0.15, -0.1) is 0 Å². The Morgan fingerprint density at radius 3 is 2.48 bits per heavy atom. The number of nitrogens with zero attached hydrogens (tertiary/aromatic N) is 1. The van der Waals surface area contributed by atoms with E-state index in [0.29, 0.717) is 19.8 Å². The van der Waals surface area contributed by atoms with Crippen molar-refractivity contribution in [3.05, 3.63) is 33.7 Å². The first-order valence-electron chi connectivity index (χ1n) is 8.35. The second kappa shape index (κ2) is 6.16. The van der Waals surface area contributed by atoms with Gasteiger partial charge in [-0.3, -0.25) is 9.59 Å². The summed E-state index contributed by atoms with van der Waals surface area (Å²) in [4.78, 5) is 28.1. The molecule has 25 heavy (non-hydrogen) atoms. The van der Waals surface area contributed by atoms with Gasteiger partial charge in [-0.25, -0.2) is 0 Å². The number of carbonyl (C=O) groups excluding carboxylic acids is 1. The number of pyridine rings is 1. The Balaban J connectivity index is 1.85. The summed E-state index contributed by atoms with van der Waals surface area (Å²) in [6, 6.07) is 1.67. The number of ether oxygens (including phenoxy) is 1. The number of hydrogen-bond acceptors (Lipinski definition) is 3. The van der Waals surface area contributed by atoms with Crippen LogP contribution in [0.15, 0.2) is 16.9 Å². The van der Waals surface area contributed by atoms with Crippen molar-refractivity contribution in [3.8, 4) is 0 Å². The number of amides is 1.